The van der Waals surface area contributed by atoms with Crippen molar-refractivity contribution in [3.05, 3.63) is 81.5 Å². The van der Waals surface area contributed by atoms with Gasteiger partial charge in [0.2, 0.25) is 0 Å². The second-order valence-corrected chi connectivity index (χ2v) is 7.01. The predicted octanol–water partition coefficient (Wildman–Crippen LogP) is 3.98. The zero-order valence-corrected chi connectivity index (χ0v) is 17.2. The molecular formula is C22H21ClFNO5. The Morgan fingerprint density at radius 2 is 1.90 bits per heavy atom. The van der Waals surface area contributed by atoms with Gasteiger partial charge in [0.15, 0.2) is 11.5 Å². The molecular weight excluding hydrogens is 413 g/mol. The topological polar surface area (TPSA) is 69.9 Å². The highest BCUT2D eigenvalue weighted by Gasteiger charge is 2.10. The van der Waals surface area contributed by atoms with E-state index < -0.39 is 11.9 Å². The molecule has 0 spiro atoms. The number of aromatic nitrogens is 1. The van der Waals surface area contributed by atoms with E-state index in [0.29, 0.717) is 28.5 Å². The molecule has 158 valence electrons. The first-order chi connectivity index (χ1) is 14.4. The molecule has 1 heterocycles. The number of aliphatic hydroxyl groups excluding tert-OH is 1. The van der Waals surface area contributed by atoms with Crippen LogP contribution in [0, 0.1) is 5.82 Å². The van der Waals surface area contributed by atoms with E-state index in [0.717, 1.165) is 0 Å². The molecule has 1 N–H and O–H groups in total. The zero-order chi connectivity index (χ0) is 21.7. The van der Waals surface area contributed by atoms with Crippen LogP contribution in [0.5, 0.6) is 17.2 Å². The van der Waals surface area contributed by atoms with Crippen LogP contribution in [-0.2, 0) is 6.61 Å². The second-order valence-electron chi connectivity index (χ2n) is 6.60. The molecule has 0 amide bonds. The molecule has 3 rings (SSSR count). The van der Waals surface area contributed by atoms with Crippen LogP contribution in [0.3, 0.4) is 0 Å². The maximum Gasteiger partial charge on any atom is 0.258 e. The summed E-state index contributed by atoms with van der Waals surface area (Å²) < 4.78 is 31.4. The van der Waals surface area contributed by atoms with Crippen LogP contribution >= 0.6 is 11.6 Å². The number of nitrogens with zero attached hydrogens (tertiary/aromatic N) is 1. The molecule has 6 nitrogen and oxygen atoms in total. The van der Waals surface area contributed by atoms with Crippen molar-refractivity contribution in [2.75, 3.05) is 13.7 Å². The van der Waals surface area contributed by atoms with Gasteiger partial charge in [-0.25, -0.2) is 4.39 Å². The Kier molecular flexibility index (Phi) is 6.97. The van der Waals surface area contributed by atoms with Gasteiger partial charge in [-0.15, -0.1) is 0 Å². The molecule has 0 saturated carbocycles. The second kappa shape index (κ2) is 9.65. The van der Waals surface area contributed by atoms with Crippen LogP contribution < -0.4 is 19.8 Å². The van der Waals surface area contributed by atoms with Gasteiger partial charge in [0.25, 0.3) is 5.56 Å². The van der Waals surface area contributed by atoms with E-state index in [-0.39, 0.29) is 23.8 Å². The largest absolute Gasteiger partial charge is 0.493 e. The van der Waals surface area contributed by atoms with Crippen LogP contribution in [0.4, 0.5) is 4.39 Å². The van der Waals surface area contributed by atoms with Crippen molar-refractivity contribution in [1.29, 1.82) is 0 Å². The average Bonchev–Trinajstić information content (AvgIpc) is 2.73. The fourth-order valence-corrected chi connectivity index (χ4v) is 2.81. The third-order valence-corrected chi connectivity index (χ3v) is 4.49. The molecule has 0 aliphatic rings. The van der Waals surface area contributed by atoms with Crippen molar-refractivity contribution in [1.82, 2.24) is 4.57 Å². The fourth-order valence-electron chi connectivity index (χ4n) is 2.70. The molecule has 0 aliphatic heterocycles. The van der Waals surface area contributed by atoms with Gasteiger partial charge in [-0.1, -0.05) is 17.7 Å². The molecule has 8 heteroatoms. The minimum atomic E-state index is -0.617. The van der Waals surface area contributed by atoms with Crippen molar-refractivity contribution >= 4 is 11.6 Å². The summed E-state index contributed by atoms with van der Waals surface area (Å²) in [4.78, 5) is 12.6. The summed E-state index contributed by atoms with van der Waals surface area (Å²) in [6.07, 6.45) is 0.958. The van der Waals surface area contributed by atoms with Gasteiger partial charge in [0.05, 0.1) is 23.9 Å². The first-order valence-corrected chi connectivity index (χ1v) is 9.54. The highest BCUT2D eigenvalue weighted by molar-refractivity contribution is 6.30. The lowest BCUT2D eigenvalue weighted by atomic mass is 10.2. The van der Waals surface area contributed by atoms with Crippen molar-refractivity contribution in [3.63, 3.8) is 0 Å². The Morgan fingerprint density at radius 3 is 2.57 bits per heavy atom. The number of ether oxygens (including phenoxy) is 3. The van der Waals surface area contributed by atoms with Gasteiger partial charge in [0, 0.05) is 18.3 Å². The lowest BCUT2D eigenvalue weighted by Gasteiger charge is -2.14. The van der Waals surface area contributed by atoms with Crippen molar-refractivity contribution in [3.8, 4) is 22.9 Å². The molecule has 1 atom stereocenters. The van der Waals surface area contributed by atoms with Crippen LogP contribution in [0.15, 0.2) is 59.5 Å². The van der Waals surface area contributed by atoms with E-state index in [1.54, 1.807) is 43.5 Å². The number of pyridine rings is 1. The fraction of sp³-hybridized carbons (Fsp3) is 0.227. The molecule has 30 heavy (non-hydrogen) atoms. The number of methoxy groups -OCH3 is 1. The lowest BCUT2D eigenvalue weighted by molar-refractivity contribution is 0.120. The number of halogens is 2. The molecule has 0 bridgehead atoms. The van der Waals surface area contributed by atoms with Gasteiger partial charge >= 0.3 is 0 Å². The number of hydrogen-bond acceptors (Lipinski definition) is 5. The first-order valence-electron chi connectivity index (χ1n) is 9.16. The molecule has 0 saturated heterocycles. The van der Waals surface area contributed by atoms with Crippen LogP contribution in [0.25, 0.3) is 5.69 Å². The lowest BCUT2D eigenvalue weighted by Crippen LogP contribution is -2.17. The summed E-state index contributed by atoms with van der Waals surface area (Å²) in [6, 6.07) is 12.4. The first kappa shape index (κ1) is 21.7. The van der Waals surface area contributed by atoms with Gasteiger partial charge in [-0.05, 0) is 42.8 Å². The molecule has 0 aliphatic carbocycles. The van der Waals surface area contributed by atoms with Gasteiger partial charge in [0.1, 0.15) is 24.8 Å². The van der Waals surface area contributed by atoms with E-state index in [4.69, 9.17) is 25.8 Å². The van der Waals surface area contributed by atoms with Crippen molar-refractivity contribution in [2.45, 2.75) is 19.6 Å². The summed E-state index contributed by atoms with van der Waals surface area (Å²) in [7, 11) is 1.49. The standard InChI is InChI=1S/C22H21ClFNO5/c1-14(26)12-30-20-6-4-16(10-21(20)28-2)25-8-7-17(11-22(25)27)29-13-15-3-5-18(23)19(24)9-15/h3-11,14,26H,12-13H2,1-2H3/t14-/m1/s1. The summed E-state index contributed by atoms with van der Waals surface area (Å²) in [5, 5.41) is 9.41. The van der Waals surface area contributed by atoms with Gasteiger partial charge < -0.3 is 19.3 Å². The Balaban J connectivity index is 1.76. The quantitative estimate of drug-likeness (QED) is 0.582. The molecule has 0 unspecified atom stereocenters. The maximum absolute atomic E-state index is 13.5. The molecule has 2 aromatic carbocycles. The molecule has 3 aromatic rings. The van der Waals surface area contributed by atoms with Crippen LogP contribution in [0.1, 0.15) is 12.5 Å². The highest BCUT2D eigenvalue weighted by atomic mass is 35.5. The highest BCUT2D eigenvalue weighted by Crippen LogP contribution is 2.29. The minimum absolute atomic E-state index is 0.0408. The maximum atomic E-state index is 13.5. The van der Waals surface area contributed by atoms with Crippen molar-refractivity contribution in [2.24, 2.45) is 0 Å². The average molecular weight is 434 g/mol. The van der Waals surface area contributed by atoms with E-state index in [9.17, 15) is 14.3 Å². The summed E-state index contributed by atoms with van der Waals surface area (Å²) in [5.74, 6) is 0.731. The van der Waals surface area contributed by atoms with E-state index >= 15 is 0 Å². The van der Waals surface area contributed by atoms with E-state index in [1.807, 2.05) is 0 Å². The Bertz CT molecular complexity index is 1080. The van der Waals surface area contributed by atoms with Crippen LogP contribution in [-0.4, -0.2) is 29.5 Å². The van der Waals surface area contributed by atoms with Gasteiger partial charge in [-0.2, -0.15) is 0 Å². The monoisotopic (exact) mass is 433 g/mol. The third-order valence-electron chi connectivity index (χ3n) is 4.19. The molecule has 1 aromatic heterocycles. The normalized spacial score (nSPS) is 11.8. The number of hydrogen-bond donors (Lipinski definition) is 1. The number of benzene rings is 2. The summed E-state index contributed by atoms with van der Waals surface area (Å²) in [6.45, 7) is 1.84. The van der Waals surface area contributed by atoms with E-state index in [1.165, 1.54) is 29.9 Å². The number of aliphatic hydroxyl groups is 1. The number of rotatable bonds is 8. The Labute approximate surface area is 178 Å². The smallest absolute Gasteiger partial charge is 0.258 e. The van der Waals surface area contributed by atoms with Gasteiger partial charge in [-0.3, -0.25) is 9.36 Å². The predicted molar refractivity (Wildman–Crippen MR) is 112 cm³/mol. The van der Waals surface area contributed by atoms with E-state index in [2.05, 4.69) is 0 Å². The van der Waals surface area contributed by atoms with Crippen molar-refractivity contribution < 1.29 is 23.7 Å². The zero-order valence-electron chi connectivity index (χ0n) is 16.5. The molecule has 0 fully saturated rings. The summed E-state index contributed by atoms with van der Waals surface area (Å²) >= 11 is 5.67. The Hall–Kier alpha value is -3.03. The Morgan fingerprint density at radius 1 is 1.10 bits per heavy atom. The minimum Gasteiger partial charge on any atom is -0.493 e. The third kappa shape index (κ3) is 5.31. The SMILES string of the molecule is COc1cc(-n2ccc(OCc3ccc(Cl)c(F)c3)cc2=O)ccc1OC[C@@H](C)O. The molecule has 0 radical (unpaired) electrons. The summed E-state index contributed by atoms with van der Waals surface area (Å²) in [5.41, 5.74) is 0.862. The van der Waals surface area contributed by atoms with Crippen LogP contribution in [0.2, 0.25) is 5.02 Å².